The van der Waals surface area contributed by atoms with Crippen LogP contribution in [0.25, 0.3) is 22.6 Å². The van der Waals surface area contributed by atoms with Crippen molar-refractivity contribution in [3.8, 4) is 11.6 Å². The van der Waals surface area contributed by atoms with Gasteiger partial charge in [0.1, 0.15) is 0 Å². The Bertz CT molecular complexity index is 935. The predicted molar refractivity (Wildman–Crippen MR) is 92.3 cm³/mol. The molecule has 0 spiro atoms. The summed E-state index contributed by atoms with van der Waals surface area (Å²) in [5, 5.41) is 0. The zero-order valence-corrected chi connectivity index (χ0v) is 13.1. The summed E-state index contributed by atoms with van der Waals surface area (Å²) in [6.45, 7) is 3.04. The molecule has 0 unspecified atom stereocenters. The number of hydrogen-bond acceptors (Lipinski definition) is 2. The van der Waals surface area contributed by atoms with Crippen LogP contribution in [0.15, 0.2) is 71.3 Å². The fraction of sp³-hybridized carbons (Fsp3) is 0.150. The van der Waals surface area contributed by atoms with E-state index < -0.39 is 0 Å². The van der Waals surface area contributed by atoms with Crippen LogP contribution in [-0.4, -0.2) is 9.55 Å². The third-order valence-corrected chi connectivity index (χ3v) is 4.26. The molecule has 0 aliphatic carbocycles. The molecule has 3 heteroatoms. The van der Waals surface area contributed by atoms with Crippen molar-refractivity contribution >= 4 is 11.0 Å². The molecule has 0 aliphatic rings. The third kappa shape index (κ3) is 2.55. The van der Waals surface area contributed by atoms with Gasteiger partial charge in [0.15, 0.2) is 11.6 Å². The standard InChI is InChI=1S/C20H18N2O/c1-15-7-2-3-8-16(15)12-13-22-18-10-5-4-9-17(18)21-20(22)19-11-6-14-23-19/h2-11,14H,12-13H2,1H3. The second kappa shape index (κ2) is 5.76. The molecule has 0 saturated carbocycles. The van der Waals surface area contributed by atoms with E-state index in [1.54, 1.807) is 6.26 Å². The van der Waals surface area contributed by atoms with Crippen LogP contribution in [0.1, 0.15) is 11.1 Å². The lowest BCUT2D eigenvalue weighted by Gasteiger charge is -2.10. The molecule has 4 aromatic rings. The fourth-order valence-corrected chi connectivity index (χ4v) is 3.02. The molecule has 0 aliphatic heterocycles. The largest absolute Gasteiger partial charge is 0.461 e. The highest BCUT2D eigenvalue weighted by atomic mass is 16.3. The van der Waals surface area contributed by atoms with Crippen molar-refractivity contribution in [3.63, 3.8) is 0 Å². The maximum absolute atomic E-state index is 5.58. The summed E-state index contributed by atoms with van der Waals surface area (Å²) in [7, 11) is 0. The van der Waals surface area contributed by atoms with Crippen molar-refractivity contribution in [2.45, 2.75) is 19.9 Å². The fourth-order valence-electron chi connectivity index (χ4n) is 3.02. The first-order valence-corrected chi connectivity index (χ1v) is 7.86. The molecule has 23 heavy (non-hydrogen) atoms. The van der Waals surface area contributed by atoms with Crippen molar-refractivity contribution in [2.24, 2.45) is 0 Å². The van der Waals surface area contributed by atoms with Gasteiger partial charge in [0, 0.05) is 6.54 Å². The average molecular weight is 302 g/mol. The van der Waals surface area contributed by atoms with Crippen LogP contribution in [-0.2, 0) is 13.0 Å². The Hall–Kier alpha value is -2.81. The van der Waals surface area contributed by atoms with E-state index in [4.69, 9.17) is 9.40 Å². The first-order valence-electron chi connectivity index (χ1n) is 7.86. The lowest BCUT2D eigenvalue weighted by molar-refractivity contribution is 0.569. The normalized spacial score (nSPS) is 11.2. The zero-order valence-electron chi connectivity index (χ0n) is 13.1. The molecule has 4 rings (SSSR count). The molecular formula is C20H18N2O. The summed E-state index contributed by atoms with van der Waals surface area (Å²) < 4.78 is 7.83. The van der Waals surface area contributed by atoms with Crippen molar-refractivity contribution < 1.29 is 4.42 Å². The highest BCUT2D eigenvalue weighted by molar-refractivity contribution is 5.79. The van der Waals surface area contributed by atoms with Gasteiger partial charge < -0.3 is 8.98 Å². The number of aromatic nitrogens is 2. The van der Waals surface area contributed by atoms with Gasteiger partial charge in [-0.2, -0.15) is 0 Å². The van der Waals surface area contributed by atoms with Gasteiger partial charge in [0.2, 0.25) is 0 Å². The number of furan rings is 1. The molecule has 3 nitrogen and oxygen atoms in total. The number of nitrogens with zero attached hydrogens (tertiary/aromatic N) is 2. The summed E-state index contributed by atoms with van der Waals surface area (Å²) in [5.41, 5.74) is 4.85. The Morgan fingerprint density at radius 1 is 0.957 bits per heavy atom. The number of benzene rings is 2. The highest BCUT2D eigenvalue weighted by Gasteiger charge is 2.14. The number of imidazole rings is 1. The molecule has 0 bridgehead atoms. The number of aryl methyl sites for hydroxylation is 3. The molecule has 2 aromatic carbocycles. The van der Waals surface area contributed by atoms with Gasteiger partial charge in [-0.05, 0) is 48.7 Å². The number of fused-ring (bicyclic) bond motifs is 1. The molecule has 0 N–H and O–H groups in total. The molecule has 0 fully saturated rings. The molecule has 2 heterocycles. The second-order valence-corrected chi connectivity index (χ2v) is 5.73. The van der Waals surface area contributed by atoms with Crippen LogP contribution in [0.5, 0.6) is 0 Å². The Morgan fingerprint density at radius 3 is 2.61 bits per heavy atom. The predicted octanol–water partition coefficient (Wildman–Crippen LogP) is 4.85. The Kier molecular flexibility index (Phi) is 3.46. The van der Waals surface area contributed by atoms with E-state index in [1.165, 1.54) is 11.1 Å². The number of rotatable bonds is 4. The van der Waals surface area contributed by atoms with E-state index >= 15 is 0 Å². The minimum atomic E-state index is 0.811. The summed E-state index contributed by atoms with van der Waals surface area (Å²) in [6, 6.07) is 20.6. The Balaban J connectivity index is 1.76. The van der Waals surface area contributed by atoms with Crippen molar-refractivity contribution in [2.75, 3.05) is 0 Å². The van der Waals surface area contributed by atoms with Crippen LogP contribution < -0.4 is 0 Å². The van der Waals surface area contributed by atoms with Crippen LogP contribution in [0.2, 0.25) is 0 Å². The topological polar surface area (TPSA) is 31.0 Å². The molecule has 114 valence electrons. The maximum atomic E-state index is 5.58. The third-order valence-electron chi connectivity index (χ3n) is 4.26. The molecular weight excluding hydrogens is 284 g/mol. The molecule has 2 aromatic heterocycles. The number of para-hydroxylation sites is 2. The molecule has 0 amide bonds. The summed E-state index contributed by atoms with van der Waals surface area (Å²) >= 11 is 0. The van der Waals surface area contributed by atoms with Gasteiger partial charge in [-0.25, -0.2) is 4.98 Å². The minimum Gasteiger partial charge on any atom is -0.461 e. The SMILES string of the molecule is Cc1ccccc1CCn1c(-c2ccco2)nc2ccccc21. The Labute approximate surface area is 135 Å². The summed E-state index contributed by atoms with van der Waals surface area (Å²) in [6.07, 6.45) is 2.67. The average Bonchev–Trinajstić information content (AvgIpc) is 3.21. The van der Waals surface area contributed by atoms with Gasteiger partial charge in [-0.1, -0.05) is 36.4 Å². The lowest BCUT2D eigenvalue weighted by atomic mass is 10.1. The molecule has 0 saturated heterocycles. The van der Waals surface area contributed by atoms with Crippen molar-refractivity contribution in [3.05, 3.63) is 78.1 Å². The van der Waals surface area contributed by atoms with E-state index in [1.807, 2.05) is 24.3 Å². The number of hydrogen-bond donors (Lipinski definition) is 0. The monoisotopic (exact) mass is 302 g/mol. The van der Waals surface area contributed by atoms with E-state index in [0.717, 1.165) is 35.6 Å². The zero-order chi connectivity index (χ0) is 15.6. The van der Waals surface area contributed by atoms with Crippen LogP contribution >= 0.6 is 0 Å². The first kappa shape index (κ1) is 13.8. The quantitative estimate of drug-likeness (QED) is 0.539. The Morgan fingerprint density at radius 2 is 1.78 bits per heavy atom. The maximum Gasteiger partial charge on any atom is 0.177 e. The van der Waals surface area contributed by atoms with Crippen molar-refractivity contribution in [1.29, 1.82) is 0 Å². The van der Waals surface area contributed by atoms with Gasteiger partial charge in [0.25, 0.3) is 0 Å². The van der Waals surface area contributed by atoms with Crippen LogP contribution in [0.3, 0.4) is 0 Å². The molecule has 0 radical (unpaired) electrons. The smallest absolute Gasteiger partial charge is 0.177 e. The highest BCUT2D eigenvalue weighted by Crippen LogP contribution is 2.25. The summed E-state index contributed by atoms with van der Waals surface area (Å²) in [4.78, 5) is 4.76. The van der Waals surface area contributed by atoms with Gasteiger partial charge >= 0.3 is 0 Å². The second-order valence-electron chi connectivity index (χ2n) is 5.73. The van der Waals surface area contributed by atoms with Crippen molar-refractivity contribution in [1.82, 2.24) is 9.55 Å². The van der Waals surface area contributed by atoms with Gasteiger partial charge in [-0.15, -0.1) is 0 Å². The van der Waals surface area contributed by atoms with Crippen LogP contribution in [0.4, 0.5) is 0 Å². The van der Waals surface area contributed by atoms with E-state index in [9.17, 15) is 0 Å². The van der Waals surface area contributed by atoms with Crippen LogP contribution in [0, 0.1) is 6.92 Å². The van der Waals surface area contributed by atoms with Gasteiger partial charge in [-0.3, -0.25) is 0 Å². The van der Waals surface area contributed by atoms with E-state index in [-0.39, 0.29) is 0 Å². The van der Waals surface area contributed by atoms with E-state index in [0.29, 0.717) is 0 Å². The first-order chi connectivity index (χ1) is 11.3. The summed E-state index contributed by atoms with van der Waals surface area (Å²) in [5.74, 6) is 1.70. The lowest BCUT2D eigenvalue weighted by Crippen LogP contribution is -2.04. The minimum absolute atomic E-state index is 0.811. The van der Waals surface area contributed by atoms with E-state index in [2.05, 4.69) is 47.9 Å². The molecule has 0 atom stereocenters. The van der Waals surface area contributed by atoms with Gasteiger partial charge in [0.05, 0.1) is 17.3 Å².